The molecule has 2 unspecified atom stereocenters. The van der Waals surface area contributed by atoms with E-state index in [4.69, 9.17) is 32.7 Å². The summed E-state index contributed by atoms with van der Waals surface area (Å²) in [4.78, 5) is 11.3. The van der Waals surface area contributed by atoms with Crippen molar-refractivity contribution in [3.05, 3.63) is 33.8 Å². The zero-order chi connectivity index (χ0) is 17.6. The maximum absolute atomic E-state index is 11.3. The molecule has 1 heterocycles. The average Bonchev–Trinajstić information content (AvgIpc) is 2.57. The highest BCUT2D eigenvalue weighted by Gasteiger charge is 2.36. The summed E-state index contributed by atoms with van der Waals surface area (Å²) in [7, 11) is 0. The van der Waals surface area contributed by atoms with Crippen LogP contribution in [0.2, 0.25) is 10.0 Å². The van der Waals surface area contributed by atoms with E-state index < -0.39 is 11.4 Å². The van der Waals surface area contributed by atoms with Gasteiger partial charge in [-0.15, -0.1) is 0 Å². The normalized spacial score (nSPS) is 20.1. The Morgan fingerprint density at radius 1 is 1.42 bits per heavy atom. The fourth-order valence-electron chi connectivity index (χ4n) is 2.75. The number of rotatable bonds is 7. The maximum atomic E-state index is 11.3. The van der Waals surface area contributed by atoms with Crippen LogP contribution < -0.4 is 0 Å². The minimum atomic E-state index is -1.23. The van der Waals surface area contributed by atoms with E-state index in [1.54, 1.807) is 18.2 Å². The Kier molecular flexibility index (Phi) is 6.88. The molecule has 1 aromatic rings. The van der Waals surface area contributed by atoms with Gasteiger partial charge < -0.3 is 14.6 Å². The van der Waals surface area contributed by atoms with Gasteiger partial charge in [-0.25, -0.2) is 0 Å². The van der Waals surface area contributed by atoms with Crippen LogP contribution in [0.4, 0.5) is 0 Å². The lowest BCUT2D eigenvalue weighted by molar-refractivity contribution is -0.164. The molecule has 1 saturated heterocycles. The SMILES string of the molecule is N#CC(CCOC1CCCCO1)(CC(=O)O)c1ccc(Cl)c(Cl)c1. The van der Waals surface area contributed by atoms with Crippen LogP contribution in [0, 0.1) is 11.3 Å². The highest BCUT2D eigenvalue weighted by Crippen LogP contribution is 2.35. The number of hydrogen-bond acceptors (Lipinski definition) is 4. The van der Waals surface area contributed by atoms with Crippen molar-refractivity contribution in [3.63, 3.8) is 0 Å². The summed E-state index contributed by atoms with van der Waals surface area (Å²) in [5.41, 5.74) is -0.704. The molecule has 24 heavy (non-hydrogen) atoms. The second kappa shape index (κ2) is 8.68. The van der Waals surface area contributed by atoms with Crippen molar-refractivity contribution in [2.45, 2.75) is 43.8 Å². The summed E-state index contributed by atoms with van der Waals surface area (Å²) in [6, 6.07) is 6.90. The van der Waals surface area contributed by atoms with Crippen molar-refractivity contribution in [3.8, 4) is 6.07 Å². The van der Waals surface area contributed by atoms with E-state index >= 15 is 0 Å². The Labute approximate surface area is 151 Å². The van der Waals surface area contributed by atoms with E-state index in [0.717, 1.165) is 19.3 Å². The standard InChI is InChI=1S/C17H19Cl2NO4/c18-13-5-4-12(9-14(13)19)17(11-20,10-15(21)22)6-8-24-16-3-1-2-7-23-16/h4-5,9,16H,1-3,6-8,10H2,(H,21,22). The van der Waals surface area contributed by atoms with Crippen molar-refractivity contribution >= 4 is 29.2 Å². The Hall–Kier alpha value is -1.32. The first-order valence-electron chi connectivity index (χ1n) is 7.78. The molecule has 0 aliphatic carbocycles. The molecule has 1 N–H and O–H groups in total. The van der Waals surface area contributed by atoms with Crippen LogP contribution in [0.25, 0.3) is 0 Å². The fourth-order valence-corrected chi connectivity index (χ4v) is 3.05. The maximum Gasteiger partial charge on any atom is 0.305 e. The highest BCUT2D eigenvalue weighted by atomic mass is 35.5. The van der Waals surface area contributed by atoms with E-state index in [-0.39, 0.29) is 30.8 Å². The first-order valence-corrected chi connectivity index (χ1v) is 8.54. The van der Waals surface area contributed by atoms with E-state index in [1.807, 2.05) is 0 Å². The van der Waals surface area contributed by atoms with Crippen molar-refractivity contribution in [1.82, 2.24) is 0 Å². The van der Waals surface area contributed by atoms with Crippen LogP contribution in [0.1, 0.15) is 37.7 Å². The predicted molar refractivity (Wildman–Crippen MR) is 90.2 cm³/mol. The Bertz CT molecular complexity index is 626. The van der Waals surface area contributed by atoms with Gasteiger partial charge in [0.1, 0.15) is 0 Å². The number of halogens is 2. The first-order chi connectivity index (χ1) is 11.5. The van der Waals surface area contributed by atoms with Crippen molar-refractivity contribution in [1.29, 1.82) is 5.26 Å². The molecule has 1 aromatic carbocycles. The van der Waals surface area contributed by atoms with Crippen LogP contribution in [-0.4, -0.2) is 30.6 Å². The summed E-state index contributed by atoms with van der Waals surface area (Å²) in [5, 5.41) is 19.6. The van der Waals surface area contributed by atoms with Crippen molar-refractivity contribution in [2.24, 2.45) is 0 Å². The number of carbonyl (C=O) groups is 1. The van der Waals surface area contributed by atoms with E-state index in [2.05, 4.69) is 6.07 Å². The van der Waals surface area contributed by atoms with E-state index in [0.29, 0.717) is 17.2 Å². The summed E-state index contributed by atoms with van der Waals surface area (Å²) in [5.74, 6) is -1.06. The van der Waals surface area contributed by atoms with E-state index in [9.17, 15) is 15.2 Å². The smallest absolute Gasteiger partial charge is 0.305 e. The van der Waals surface area contributed by atoms with Crippen molar-refractivity contribution < 1.29 is 19.4 Å². The van der Waals surface area contributed by atoms with Gasteiger partial charge in [0, 0.05) is 6.61 Å². The molecule has 0 bridgehead atoms. The molecule has 1 fully saturated rings. The number of ether oxygens (including phenoxy) is 2. The summed E-state index contributed by atoms with van der Waals surface area (Å²) in [6.07, 6.45) is 2.48. The Morgan fingerprint density at radius 2 is 2.21 bits per heavy atom. The topological polar surface area (TPSA) is 79.5 Å². The molecule has 2 rings (SSSR count). The summed E-state index contributed by atoms with van der Waals surface area (Å²) >= 11 is 11.9. The average molecular weight is 372 g/mol. The number of aliphatic carboxylic acids is 1. The molecule has 2 atom stereocenters. The van der Waals surface area contributed by atoms with Crippen LogP contribution in [-0.2, 0) is 19.7 Å². The highest BCUT2D eigenvalue weighted by molar-refractivity contribution is 6.42. The van der Waals surface area contributed by atoms with Gasteiger partial charge in [0.05, 0.1) is 34.6 Å². The van der Waals surface area contributed by atoms with Crippen LogP contribution in [0.5, 0.6) is 0 Å². The molecule has 0 radical (unpaired) electrons. The molecule has 5 nitrogen and oxygen atoms in total. The van der Waals surface area contributed by atoms with Crippen LogP contribution >= 0.6 is 23.2 Å². The molecule has 0 saturated carbocycles. The monoisotopic (exact) mass is 371 g/mol. The number of nitrogens with zero attached hydrogens (tertiary/aromatic N) is 1. The second-order valence-corrected chi connectivity index (χ2v) is 6.62. The lowest BCUT2D eigenvalue weighted by Gasteiger charge is -2.28. The largest absolute Gasteiger partial charge is 0.481 e. The number of nitriles is 1. The molecule has 0 aromatic heterocycles. The van der Waals surface area contributed by atoms with Gasteiger partial charge in [-0.05, 0) is 43.4 Å². The number of benzene rings is 1. The predicted octanol–water partition coefficient (Wildman–Crippen LogP) is 4.16. The minimum Gasteiger partial charge on any atom is -0.481 e. The zero-order valence-electron chi connectivity index (χ0n) is 13.1. The molecule has 130 valence electrons. The van der Waals surface area contributed by atoms with Gasteiger partial charge in [0.25, 0.3) is 0 Å². The van der Waals surface area contributed by atoms with Crippen molar-refractivity contribution in [2.75, 3.05) is 13.2 Å². The minimum absolute atomic E-state index is 0.228. The van der Waals surface area contributed by atoms with Gasteiger partial charge in [0.2, 0.25) is 0 Å². The van der Waals surface area contributed by atoms with Crippen LogP contribution in [0.3, 0.4) is 0 Å². The van der Waals surface area contributed by atoms with Gasteiger partial charge in [-0.1, -0.05) is 29.3 Å². The number of carboxylic acids is 1. The Balaban J connectivity index is 2.14. The van der Waals surface area contributed by atoms with Gasteiger partial charge in [0.15, 0.2) is 6.29 Å². The molecular formula is C17H19Cl2NO4. The number of hydrogen-bond donors (Lipinski definition) is 1. The third-order valence-electron chi connectivity index (χ3n) is 4.11. The van der Waals surface area contributed by atoms with Crippen LogP contribution in [0.15, 0.2) is 18.2 Å². The molecular weight excluding hydrogens is 353 g/mol. The lowest BCUT2D eigenvalue weighted by atomic mass is 9.76. The summed E-state index contributed by atoms with van der Waals surface area (Å²) < 4.78 is 11.2. The fraction of sp³-hybridized carbons (Fsp3) is 0.529. The zero-order valence-corrected chi connectivity index (χ0v) is 14.6. The Morgan fingerprint density at radius 3 is 2.79 bits per heavy atom. The lowest BCUT2D eigenvalue weighted by Crippen LogP contribution is -2.31. The quantitative estimate of drug-likeness (QED) is 0.777. The van der Waals surface area contributed by atoms with Gasteiger partial charge in [-0.3, -0.25) is 4.79 Å². The van der Waals surface area contributed by atoms with Gasteiger partial charge in [-0.2, -0.15) is 5.26 Å². The van der Waals surface area contributed by atoms with E-state index in [1.165, 1.54) is 0 Å². The molecule has 1 aliphatic heterocycles. The first kappa shape index (κ1) is 19.0. The molecule has 1 aliphatic rings. The molecule has 0 amide bonds. The third-order valence-corrected chi connectivity index (χ3v) is 4.85. The number of carboxylic acid groups (broad SMARTS) is 1. The summed E-state index contributed by atoms with van der Waals surface area (Å²) in [6.45, 7) is 0.891. The second-order valence-electron chi connectivity index (χ2n) is 5.81. The third kappa shape index (κ3) is 4.84. The van der Waals surface area contributed by atoms with Gasteiger partial charge >= 0.3 is 5.97 Å². The molecule has 7 heteroatoms. The molecule has 0 spiro atoms.